The van der Waals surface area contributed by atoms with E-state index in [2.05, 4.69) is 15.5 Å². The van der Waals surface area contributed by atoms with Crippen LogP contribution in [0.25, 0.3) is 0 Å². The number of methoxy groups -OCH3 is 1. The van der Waals surface area contributed by atoms with E-state index in [1.807, 2.05) is 0 Å². The number of fused-ring (bicyclic) bond motifs is 1. The third kappa shape index (κ3) is 2.82. The summed E-state index contributed by atoms with van der Waals surface area (Å²) in [5, 5.41) is 9.06. The monoisotopic (exact) mass is 333 g/mol. The van der Waals surface area contributed by atoms with Crippen LogP contribution in [0.2, 0.25) is 0 Å². The summed E-state index contributed by atoms with van der Waals surface area (Å²) >= 11 is 0. The molecule has 0 bridgehead atoms. The van der Waals surface area contributed by atoms with E-state index in [1.54, 1.807) is 13.0 Å². The van der Waals surface area contributed by atoms with Crippen molar-refractivity contribution in [2.24, 2.45) is 0 Å². The van der Waals surface area contributed by atoms with E-state index in [-0.39, 0.29) is 23.0 Å². The smallest absolute Gasteiger partial charge is 0.357 e. The molecule has 0 saturated carbocycles. The first kappa shape index (κ1) is 16.0. The lowest BCUT2D eigenvalue weighted by Gasteiger charge is -2.15. The Morgan fingerprint density at radius 1 is 1.42 bits per heavy atom. The second-order valence-corrected chi connectivity index (χ2v) is 5.37. The largest absolute Gasteiger partial charge is 0.494 e. The molecule has 1 unspecified atom stereocenters. The molecule has 1 aliphatic heterocycles. The van der Waals surface area contributed by atoms with Crippen LogP contribution in [0, 0.1) is 5.82 Å². The fourth-order valence-corrected chi connectivity index (χ4v) is 2.57. The van der Waals surface area contributed by atoms with E-state index in [0.29, 0.717) is 24.1 Å². The fraction of sp³-hybridized carbons (Fsp3) is 0.312. The predicted molar refractivity (Wildman–Crippen MR) is 81.4 cm³/mol. The van der Waals surface area contributed by atoms with Gasteiger partial charge >= 0.3 is 5.97 Å². The van der Waals surface area contributed by atoms with Crippen molar-refractivity contribution in [2.45, 2.75) is 19.4 Å². The highest BCUT2D eigenvalue weighted by atomic mass is 19.1. The first-order valence-electron chi connectivity index (χ1n) is 7.41. The van der Waals surface area contributed by atoms with Gasteiger partial charge in [0.25, 0.3) is 5.91 Å². The van der Waals surface area contributed by atoms with Crippen LogP contribution >= 0.6 is 0 Å². The minimum Gasteiger partial charge on any atom is -0.494 e. The first-order valence-corrected chi connectivity index (χ1v) is 7.41. The third-order valence-corrected chi connectivity index (χ3v) is 3.88. The second kappa shape index (κ2) is 6.31. The number of benzene rings is 1. The van der Waals surface area contributed by atoms with Gasteiger partial charge in [-0.2, -0.15) is 5.10 Å². The molecule has 0 aliphatic carbocycles. The van der Waals surface area contributed by atoms with Crippen LogP contribution in [0.5, 0.6) is 5.75 Å². The second-order valence-electron chi connectivity index (χ2n) is 5.37. The van der Waals surface area contributed by atoms with Crippen LogP contribution in [0.15, 0.2) is 18.2 Å². The van der Waals surface area contributed by atoms with E-state index in [1.165, 1.54) is 19.2 Å². The lowest BCUT2D eigenvalue weighted by Crippen LogP contribution is -2.32. The molecule has 1 amide bonds. The van der Waals surface area contributed by atoms with Crippen molar-refractivity contribution in [1.82, 2.24) is 15.5 Å². The van der Waals surface area contributed by atoms with E-state index in [0.717, 1.165) is 0 Å². The number of rotatable bonds is 4. The Kier molecular flexibility index (Phi) is 4.20. The Hall–Kier alpha value is -2.90. The number of aromatic nitrogens is 2. The van der Waals surface area contributed by atoms with Gasteiger partial charge < -0.3 is 14.8 Å². The molecular weight excluding hydrogens is 317 g/mol. The molecule has 1 atom stereocenters. The van der Waals surface area contributed by atoms with Gasteiger partial charge in [-0.15, -0.1) is 0 Å². The summed E-state index contributed by atoms with van der Waals surface area (Å²) in [5.41, 5.74) is 1.39. The number of nitrogens with one attached hydrogen (secondary N) is 2. The van der Waals surface area contributed by atoms with Crippen LogP contribution in [-0.4, -0.2) is 35.7 Å². The average molecular weight is 333 g/mol. The number of carbonyl (C=O) groups is 2. The van der Waals surface area contributed by atoms with E-state index in [9.17, 15) is 14.0 Å². The molecule has 1 aromatic heterocycles. The predicted octanol–water partition coefficient (Wildman–Crippen LogP) is 1.76. The molecule has 0 radical (unpaired) electrons. The standard InChI is InChI=1S/C16H16FN3O4/c1-8(9-3-4-12(23-2)11(17)7-9)24-16(22)14-10-5-6-18-15(21)13(10)19-20-14/h3-4,7-8H,5-6H2,1-2H3,(H,18,21)(H,19,20). The number of amides is 1. The molecule has 2 aromatic rings. The maximum absolute atomic E-state index is 13.8. The Balaban J connectivity index is 1.77. The zero-order valence-electron chi connectivity index (χ0n) is 13.2. The molecule has 1 aromatic carbocycles. The van der Waals surface area contributed by atoms with Gasteiger partial charge in [-0.3, -0.25) is 9.89 Å². The summed E-state index contributed by atoms with van der Waals surface area (Å²) < 4.78 is 24.0. The van der Waals surface area contributed by atoms with Gasteiger partial charge in [-0.05, 0) is 31.0 Å². The van der Waals surface area contributed by atoms with Gasteiger partial charge in [0.2, 0.25) is 0 Å². The number of ether oxygens (including phenoxy) is 2. The van der Waals surface area contributed by atoms with Gasteiger partial charge in [-0.25, -0.2) is 9.18 Å². The molecule has 0 saturated heterocycles. The topological polar surface area (TPSA) is 93.3 Å². The number of esters is 1. The highest BCUT2D eigenvalue weighted by molar-refractivity contribution is 5.99. The summed E-state index contributed by atoms with van der Waals surface area (Å²) in [6.45, 7) is 2.07. The molecule has 3 rings (SSSR count). The number of nitrogens with zero attached hydrogens (tertiary/aromatic N) is 1. The molecule has 0 spiro atoms. The van der Waals surface area contributed by atoms with Crippen LogP contribution in [0.1, 0.15) is 45.1 Å². The van der Waals surface area contributed by atoms with E-state index < -0.39 is 17.9 Å². The van der Waals surface area contributed by atoms with Crippen molar-refractivity contribution in [2.75, 3.05) is 13.7 Å². The van der Waals surface area contributed by atoms with Crippen molar-refractivity contribution >= 4 is 11.9 Å². The molecule has 8 heteroatoms. The number of aromatic amines is 1. The molecule has 2 N–H and O–H groups in total. The third-order valence-electron chi connectivity index (χ3n) is 3.88. The normalized spacial score (nSPS) is 14.5. The Labute approximate surface area is 137 Å². The Morgan fingerprint density at radius 2 is 2.21 bits per heavy atom. The summed E-state index contributed by atoms with van der Waals surface area (Å²) in [4.78, 5) is 24.0. The summed E-state index contributed by atoms with van der Waals surface area (Å²) in [6.07, 6.45) is -0.178. The van der Waals surface area contributed by atoms with Gasteiger partial charge in [0.05, 0.1) is 7.11 Å². The zero-order chi connectivity index (χ0) is 17.3. The number of hydrogen-bond donors (Lipinski definition) is 2. The summed E-state index contributed by atoms with van der Waals surface area (Å²) in [7, 11) is 1.37. The van der Waals surface area contributed by atoms with Crippen molar-refractivity contribution in [3.8, 4) is 5.75 Å². The molecule has 7 nitrogen and oxygen atoms in total. The summed E-state index contributed by atoms with van der Waals surface area (Å²) in [5.74, 6) is -1.38. The van der Waals surface area contributed by atoms with E-state index in [4.69, 9.17) is 9.47 Å². The van der Waals surface area contributed by atoms with Crippen LogP contribution < -0.4 is 10.1 Å². The molecule has 24 heavy (non-hydrogen) atoms. The van der Waals surface area contributed by atoms with Crippen molar-refractivity contribution in [1.29, 1.82) is 0 Å². The molecule has 126 valence electrons. The van der Waals surface area contributed by atoms with Crippen LogP contribution in [0.4, 0.5) is 4.39 Å². The number of carbonyl (C=O) groups excluding carboxylic acids is 2. The van der Waals surface area contributed by atoms with Gasteiger partial charge in [0.15, 0.2) is 17.3 Å². The minimum absolute atomic E-state index is 0.117. The molecular formula is C16H16FN3O4. The molecule has 2 heterocycles. The quantitative estimate of drug-likeness (QED) is 0.832. The number of H-pyrrole nitrogens is 1. The van der Waals surface area contributed by atoms with Crippen LogP contribution in [-0.2, 0) is 11.2 Å². The van der Waals surface area contributed by atoms with Gasteiger partial charge in [0, 0.05) is 12.1 Å². The van der Waals surface area contributed by atoms with Crippen molar-refractivity contribution in [3.05, 3.63) is 46.5 Å². The first-order chi connectivity index (χ1) is 11.5. The lowest BCUT2D eigenvalue weighted by atomic mass is 10.1. The van der Waals surface area contributed by atoms with Crippen molar-refractivity contribution in [3.63, 3.8) is 0 Å². The van der Waals surface area contributed by atoms with Gasteiger partial charge in [0.1, 0.15) is 11.8 Å². The number of halogens is 1. The van der Waals surface area contributed by atoms with Crippen molar-refractivity contribution < 1.29 is 23.5 Å². The maximum Gasteiger partial charge on any atom is 0.357 e. The fourth-order valence-electron chi connectivity index (χ4n) is 2.57. The van der Waals surface area contributed by atoms with E-state index >= 15 is 0 Å². The highest BCUT2D eigenvalue weighted by Gasteiger charge is 2.28. The molecule has 1 aliphatic rings. The zero-order valence-corrected chi connectivity index (χ0v) is 13.2. The lowest BCUT2D eigenvalue weighted by molar-refractivity contribution is 0.0328. The van der Waals surface area contributed by atoms with Gasteiger partial charge in [-0.1, -0.05) is 6.07 Å². The SMILES string of the molecule is COc1ccc(C(C)OC(=O)c2[nH]nc3c2CCNC3=O)cc1F. The molecule has 0 fully saturated rings. The van der Waals surface area contributed by atoms with Crippen LogP contribution in [0.3, 0.4) is 0 Å². The highest BCUT2D eigenvalue weighted by Crippen LogP contribution is 2.25. The number of hydrogen-bond acceptors (Lipinski definition) is 5. The maximum atomic E-state index is 13.8. The Bertz CT molecular complexity index is 803. The summed E-state index contributed by atoms with van der Waals surface area (Å²) in [6, 6.07) is 4.35. The Morgan fingerprint density at radius 3 is 2.92 bits per heavy atom. The average Bonchev–Trinajstić information content (AvgIpc) is 3.00. The minimum atomic E-state index is -0.672.